The Morgan fingerprint density at radius 3 is 2.63 bits per heavy atom. The number of aromatic nitrogens is 1. The Hall–Kier alpha value is -3.25. The molecule has 0 fully saturated rings. The molecule has 0 radical (unpaired) electrons. The van der Waals surface area contributed by atoms with Gasteiger partial charge in [0.15, 0.2) is 0 Å². The van der Waals surface area contributed by atoms with Crippen LogP contribution in [-0.4, -0.2) is 30.6 Å². The van der Waals surface area contributed by atoms with E-state index in [0.29, 0.717) is 18.7 Å². The zero-order valence-corrected chi connectivity index (χ0v) is 16.8. The summed E-state index contributed by atoms with van der Waals surface area (Å²) in [5, 5.41) is 11.9. The number of hydrogen-bond acceptors (Lipinski definition) is 4. The summed E-state index contributed by atoms with van der Waals surface area (Å²) in [6, 6.07) is 9.18. The molecule has 160 valence electrons. The maximum Gasteiger partial charge on any atom is 0.573 e. The second-order valence-electron chi connectivity index (χ2n) is 6.48. The van der Waals surface area contributed by atoms with Crippen molar-refractivity contribution in [2.45, 2.75) is 33.3 Å². The summed E-state index contributed by atoms with van der Waals surface area (Å²) in [5.41, 5.74) is 2.51. The van der Waals surface area contributed by atoms with Crippen molar-refractivity contribution in [1.82, 2.24) is 9.88 Å². The molecule has 0 bridgehead atoms. The van der Waals surface area contributed by atoms with E-state index in [9.17, 15) is 23.2 Å². The van der Waals surface area contributed by atoms with Gasteiger partial charge in [0.25, 0.3) is 5.91 Å². The summed E-state index contributed by atoms with van der Waals surface area (Å²) in [6.45, 7) is 4.70. The van der Waals surface area contributed by atoms with Crippen LogP contribution in [0.5, 0.6) is 5.75 Å². The number of methoxy groups -OCH3 is 1. The minimum Gasteiger partial charge on any atom is -0.405 e. The Morgan fingerprint density at radius 2 is 2.00 bits per heavy atom. The van der Waals surface area contributed by atoms with Crippen LogP contribution in [0.15, 0.2) is 35.9 Å². The van der Waals surface area contributed by atoms with Gasteiger partial charge in [0, 0.05) is 37.2 Å². The predicted octanol–water partition coefficient (Wildman–Crippen LogP) is 3.87. The standard InChI is InChI=1S/C21H22F3N3O3/c1-14-10-17(15(2)27(14)8-9-29-3)11-18(12-25)20(28)26-13-16-6-4-5-7-19(16)30-21(22,23)24/h4-7,10-11H,8-9,13H2,1-3H3,(H,26,28). The first-order valence-corrected chi connectivity index (χ1v) is 9.05. The van der Waals surface area contributed by atoms with Crippen LogP contribution in [0.4, 0.5) is 13.2 Å². The fraction of sp³-hybridized carbons (Fsp3) is 0.333. The number of carbonyl (C=O) groups excluding carboxylic acids is 1. The van der Waals surface area contributed by atoms with Crippen molar-refractivity contribution in [3.8, 4) is 11.8 Å². The van der Waals surface area contributed by atoms with Crippen LogP contribution >= 0.6 is 0 Å². The Balaban J connectivity index is 2.16. The molecule has 0 unspecified atom stereocenters. The van der Waals surface area contributed by atoms with Gasteiger partial charge >= 0.3 is 6.36 Å². The number of nitriles is 1. The third kappa shape index (κ3) is 6.12. The molecule has 0 aliphatic carbocycles. The SMILES string of the molecule is COCCn1c(C)cc(C=C(C#N)C(=O)NCc2ccccc2OC(F)(F)F)c1C. The molecule has 0 spiro atoms. The van der Waals surface area contributed by atoms with Gasteiger partial charge < -0.3 is 19.4 Å². The van der Waals surface area contributed by atoms with E-state index >= 15 is 0 Å². The predicted molar refractivity (Wildman–Crippen MR) is 104 cm³/mol. The molecule has 0 aliphatic rings. The molecule has 1 aromatic heterocycles. The number of halogens is 3. The number of alkyl halides is 3. The zero-order chi connectivity index (χ0) is 22.3. The number of rotatable bonds is 8. The number of nitrogens with zero attached hydrogens (tertiary/aromatic N) is 2. The van der Waals surface area contributed by atoms with Crippen LogP contribution in [0.2, 0.25) is 0 Å². The average Bonchev–Trinajstić information content (AvgIpc) is 2.95. The molecule has 1 amide bonds. The molecule has 6 nitrogen and oxygen atoms in total. The molecule has 1 N–H and O–H groups in total. The molecule has 1 heterocycles. The number of para-hydroxylation sites is 1. The minimum absolute atomic E-state index is 0.137. The van der Waals surface area contributed by atoms with Gasteiger partial charge in [-0.1, -0.05) is 18.2 Å². The molecule has 2 rings (SSSR count). The van der Waals surface area contributed by atoms with Gasteiger partial charge in [0.1, 0.15) is 17.4 Å². The van der Waals surface area contributed by atoms with E-state index in [4.69, 9.17) is 4.74 Å². The van der Waals surface area contributed by atoms with Crippen LogP contribution in [0.25, 0.3) is 6.08 Å². The van der Waals surface area contributed by atoms with Gasteiger partial charge in [-0.15, -0.1) is 13.2 Å². The highest BCUT2D eigenvalue weighted by Gasteiger charge is 2.32. The monoisotopic (exact) mass is 421 g/mol. The van der Waals surface area contributed by atoms with E-state index in [0.717, 1.165) is 17.5 Å². The maximum atomic E-state index is 12.5. The molecular weight excluding hydrogens is 399 g/mol. The lowest BCUT2D eigenvalue weighted by Crippen LogP contribution is -2.25. The minimum atomic E-state index is -4.84. The average molecular weight is 421 g/mol. The highest BCUT2D eigenvalue weighted by atomic mass is 19.4. The van der Waals surface area contributed by atoms with E-state index in [2.05, 4.69) is 10.1 Å². The first-order chi connectivity index (χ1) is 14.2. The number of carbonyl (C=O) groups is 1. The first kappa shape index (κ1) is 23.0. The van der Waals surface area contributed by atoms with Gasteiger partial charge in [-0.2, -0.15) is 5.26 Å². The van der Waals surface area contributed by atoms with E-state index in [1.807, 2.05) is 30.6 Å². The van der Waals surface area contributed by atoms with E-state index in [1.165, 1.54) is 24.3 Å². The second kappa shape index (κ2) is 9.98. The van der Waals surface area contributed by atoms with Crippen LogP contribution < -0.4 is 10.1 Å². The third-order valence-corrected chi connectivity index (χ3v) is 4.43. The molecule has 9 heteroatoms. The normalized spacial score (nSPS) is 11.8. The summed E-state index contributed by atoms with van der Waals surface area (Å²) in [5.74, 6) is -1.10. The van der Waals surface area contributed by atoms with Gasteiger partial charge in [-0.3, -0.25) is 4.79 Å². The smallest absolute Gasteiger partial charge is 0.405 e. The third-order valence-electron chi connectivity index (χ3n) is 4.43. The van der Waals surface area contributed by atoms with Crippen LogP contribution in [-0.2, 0) is 22.6 Å². The molecule has 0 atom stereocenters. The van der Waals surface area contributed by atoms with Crippen molar-refractivity contribution in [1.29, 1.82) is 5.26 Å². The number of hydrogen-bond donors (Lipinski definition) is 1. The van der Waals surface area contributed by atoms with Crippen molar-refractivity contribution in [3.05, 3.63) is 58.4 Å². The lowest BCUT2D eigenvalue weighted by Gasteiger charge is -2.13. The van der Waals surface area contributed by atoms with Crippen molar-refractivity contribution < 1.29 is 27.4 Å². The molecule has 30 heavy (non-hydrogen) atoms. The number of benzene rings is 1. The van der Waals surface area contributed by atoms with E-state index in [1.54, 1.807) is 7.11 Å². The molecule has 0 saturated carbocycles. The van der Waals surface area contributed by atoms with Crippen LogP contribution in [0.1, 0.15) is 22.5 Å². The van der Waals surface area contributed by atoms with Gasteiger partial charge in [0.05, 0.1) is 6.61 Å². The van der Waals surface area contributed by atoms with Crippen molar-refractivity contribution in [2.24, 2.45) is 0 Å². The summed E-state index contributed by atoms with van der Waals surface area (Å²) in [4.78, 5) is 12.4. The summed E-state index contributed by atoms with van der Waals surface area (Å²) < 4.78 is 48.6. The topological polar surface area (TPSA) is 76.3 Å². The van der Waals surface area contributed by atoms with Gasteiger partial charge in [-0.05, 0) is 37.6 Å². The van der Waals surface area contributed by atoms with Gasteiger partial charge in [0.2, 0.25) is 0 Å². The maximum absolute atomic E-state index is 12.5. The quantitative estimate of drug-likeness (QED) is 0.519. The Labute approximate surface area is 172 Å². The molecular formula is C21H22F3N3O3. The summed E-state index contributed by atoms with van der Waals surface area (Å²) in [7, 11) is 1.60. The number of aryl methyl sites for hydroxylation is 1. The van der Waals surface area contributed by atoms with Crippen molar-refractivity contribution in [2.75, 3.05) is 13.7 Å². The Morgan fingerprint density at radius 1 is 1.30 bits per heavy atom. The fourth-order valence-electron chi connectivity index (χ4n) is 2.95. The van der Waals surface area contributed by atoms with Crippen molar-refractivity contribution in [3.63, 3.8) is 0 Å². The van der Waals surface area contributed by atoms with Crippen molar-refractivity contribution >= 4 is 12.0 Å². The zero-order valence-electron chi connectivity index (χ0n) is 16.8. The van der Waals surface area contributed by atoms with Crippen LogP contribution in [0, 0.1) is 25.2 Å². The Kier molecular flexibility index (Phi) is 7.66. The highest BCUT2D eigenvalue weighted by molar-refractivity contribution is 6.01. The second-order valence-corrected chi connectivity index (χ2v) is 6.48. The first-order valence-electron chi connectivity index (χ1n) is 9.05. The molecule has 2 aromatic rings. The Bertz CT molecular complexity index is 972. The summed E-state index contributed by atoms with van der Waals surface area (Å²) in [6.07, 6.45) is -3.39. The van der Waals surface area contributed by atoms with Crippen LogP contribution in [0.3, 0.4) is 0 Å². The number of nitrogens with one attached hydrogen (secondary N) is 1. The fourth-order valence-corrected chi connectivity index (χ4v) is 2.95. The molecule has 0 saturated heterocycles. The lowest BCUT2D eigenvalue weighted by atomic mass is 10.1. The largest absolute Gasteiger partial charge is 0.573 e. The molecule has 0 aliphatic heterocycles. The highest BCUT2D eigenvalue weighted by Crippen LogP contribution is 2.26. The van der Waals surface area contributed by atoms with E-state index < -0.39 is 18.0 Å². The molecule has 1 aromatic carbocycles. The lowest BCUT2D eigenvalue weighted by molar-refractivity contribution is -0.274. The number of amides is 1. The van der Waals surface area contributed by atoms with Gasteiger partial charge in [-0.25, -0.2) is 0 Å². The number of ether oxygens (including phenoxy) is 2. The summed E-state index contributed by atoms with van der Waals surface area (Å²) >= 11 is 0. The van der Waals surface area contributed by atoms with E-state index in [-0.39, 0.29) is 17.7 Å².